The van der Waals surface area contributed by atoms with Crippen LogP contribution >= 0.6 is 0 Å². The Hall–Kier alpha value is -2.31. The quantitative estimate of drug-likeness (QED) is 0.714. The highest BCUT2D eigenvalue weighted by atomic mass is 16.3. The largest absolute Gasteiger partial charge is 0.392 e. The van der Waals surface area contributed by atoms with Gasteiger partial charge >= 0.3 is 0 Å². The highest BCUT2D eigenvalue weighted by Crippen LogP contribution is 2.28. The zero-order chi connectivity index (χ0) is 20.1. The van der Waals surface area contributed by atoms with E-state index in [4.69, 9.17) is 5.73 Å². The Morgan fingerprint density at radius 3 is 2.68 bits per heavy atom. The van der Waals surface area contributed by atoms with Crippen LogP contribution in [-0.4, -0.2) is 71.6 Å². The summed E-state index contributed by atoms with van der Waals surface area (Å²) in [5, 5.41) is 9.92. The highest BCUT2D eigenvalue weighted by molar-refractivity contribution is 5.92. The SMILES string of the molecule is CCCN1CC(N(C)[C@H](CN2CC[C@H](O)C2)c2ccccc2)=CC=C1C(N)=O. The van der Waals surface area contributed by atoms with Crippen LogP contribution in [0.2, 0.25) is 0 Å². The van der Waals surface area contributed by atoms with Gasteiger partial charge in [-0.15, -0.1) is 0 Å². The van der Waals surface area contributed by atoms with Gasteiger partial charge in [0.15, 0.2) is 0 Å². The van der Waals surface area contributed by atoms with E-state index in [1.54, 1.807) is 0 Å². The predicted octanol–water partition coefficient (Wildman–Crippen LogP) is 1.70. The summed E-state index contributed by atoms with van der Waals surface area (Å²) in [6.07, 6.45) is 5.42. The van der Waals surface area contributed by atoms with Crippen molar-refractivity contribution in [2.24, 2.45) is 5.73 Å². The Labute approximate surface area is 167 Å². The van der Waals surface area contributed by atoms with Crippen LogP contribution in [0.25, 0.3) is 0 Å². The summed E-state index contributed by atoms with van der Waals surface area (Å²) in [5.74, 6) is -0.378. The monoisotopic (exact) mass is 384 g/mol. The number of likely N-dealkylation sites (N-methyl/N-ethyl adjacent to an activating group) is 1. The number of likely N-dealkylation sites (tertiary alicyclic amines) is 1. The fraction of sp³-hybridized carbons (Fsp3) is 0.500. The molecule has 152 valence electrons. The lowest BCUT2D eigenvalue weighted by atomic mass is 10.0. The van der Waals surface area contributed by atoms with Crippen molar-refractivity contribution in [2.45, 2.75) is 31.9 Å². The molecule has 2 aliphatic rings. The Balaban J connectivity index is 1.84. The van der Waals surface area contributed by atoms with E-state index in [0.29, 0.717) is 12.2 Å². The van der Waals surface area contributed by atoms with Crippen LogP contribution in [0.15, 0.2) is 53.9 Å². The lowest BCUT2D eigenvalue weighted by molar-refractivity contribution is -0.116. The summed E-state index contributed by atoms with van der Waals surface area (Å²) in [4.78, 5) is 18.5. The van der Waals surface area contributed by atoms with Crippen molar-refractivity contribution in [3.63, 3.8) is 0 Å². The molecule has 1 fully saturated rings. The van der Waals surface area contributed by atoms with E-state index in [1.807, 2.05) is 18.2 Å². The van der Waals surface area contributed by atoms with Gasteiger partial charge in [-0.2, -0.15) is 0 Å². The van der Waals surface area contributed by atoms with Gasteiger partial charge in [-0.25, -0.2) is 0 Å². The standard InChI is InChI=1S/C22H32N4O2/c1-3-12-26-14-18(9-10-20(26)22(23)28)24(2)21(17-7-5-4-6-8-17)16-25-13-11-19(27)15-25/h4-10,19,21,27H,3,11-16H2,1-2H3,(H2,23,28)/t19-,21+/m0/s1. The van der Waals surface area contributed by atoms with E-state index in [2.05, 4.69) is 52.9 Å². The van der Waals surface area contributed by atoms with Crippen molar-refractivity contribution in [2.75, 3.05) is 39.8 Å². The molecule has 0 bridgehead atoms. The van der Waals surface area contributed by atoms with Crippen molar-refractivity contribution >= 4 is 5.91 Å². The van der Waals surface area contributed by atoms with Gasteiger partial charge in [0.2, 0.25) is 0 Å². The molecule has 6 nitrogen and oxygen atoms in total. The zero-order valence-corrected chi connectivity index (χ0v) is 16.9. The molecule has 6 heteroatoms. The Bertz CT molecular complexity index is 731. The number of primary amides is 1. The van der Waals surface area contributed by atoms with Gasteiger partial charge in [-0.3, -0.25) is 9.69 Å². The molecule has 2 atom stereocenters. The molecule has 1 aromatic carbocycles. The molecule has 0 spiro atoms. The number of amides is 1. The van der Waals surface area contributed by atoms with Crippen LogP contribution < -0.4 is 5.73 Å². The smallest absolute Gasteiger partial charge is 0.264 e. The second kappa shape index (κ2) is 9.26. The van der Waals surface area contributed by atoms with E-state index in [-0.39, 0.29) is 18.1 Å². The van der Waals surface area contributed by atoms with Crippen LogP contribution in [0.3, 0.4) is 0 Å². The van der Waals surface area contributed by atoms with Gasteiger partial charge in [0, 0.05) is 38.9 Å². The van der Waals surface area contributed by atoms with E-state index < -0.39 is 0 Å². The maximum atomic E-state index is 11.8. The first-order valence-electron chi connectivity index (χ1n) is 10.1. The Kier molecular flexibility index (Phi) is 6.75. The number of allylic oxidation sites excluding steroid dienone is 2. The topological polar surface area (TPSA) is 73.0 Å². The minimum absolute atomic E-state index is 0.171. The van der Waals surface area contributed by atoms with Crippen LogP contribution in [0.4, 0.5) is 0 Å². The van der Waals surface area contributed by atoms with Crippen molar-refractivity contribution in [1.29, 1.82) is 0 Å². The summed E-state index contributed by atoms with van der Waals surface area (Å²) in [6, 6.07) is 10.7. The maximum Gasteiger partial charge on any atom is 0.264 e. The number of hydrogen-bond acceptors (Lipinski definition) is 5. The lowest BCUT2D eigenvalue weighted by Gasteiger charge is -2.39. The summed E-state index contributed by atoms with van der Waals surface area (Å²) < 4.78 is 0. The number of rotatable bonds is 8. The molecule has 1 amide bonds. The third-order valence-electron chi connectivity index (χ3n) is 5.66. The fourth-order valence-corrected chi connectivity index (χ4v) is 4.10. The number of aliphatic hydroxyl groups is 1. The lowest BCUT2D eigenvalue weighted by Crippen LogP contribution is -2.41. The van der Waals surface area contributed by atoms with Gasteiger partial charge in [-0.05, 0) is 30.6 Å². The van der Waals surface area contributed by atoms with E-state index in [9.17, 15) is 9.90 Å². The first kappa shape index (κ1) is 20.4. The highest BCUT2D eigenvalue weighted by Gasteiger charge is 2.28. The summed E-state index contributed by atoms with van der Waals surface area (Å²) in [5.41, 5.74) is 8.55. The molecule has 28 heavy (non-hydrogen) atoms. The van der Waals surface area contributed by atoms with Crippen molar-refractivity contribution in [3.8, 4) is 0 Å². The normalized spacial score (nSPS) is 21.2. The number of nitrogens with zero attached hydrogens (tertiary/aromatic N) is 3. The van der Waals surface area contributed by atoms with Gasteiger partial charge in [0.1, 0.15) is 5.70 Å². The third-order valence-corrected chi connectivity index (χ3v) is 5.66. The molecular formula is C22H32N4O2. The van der Waals surface area contributed by atoms with Crippen molar-refractivity contribution in [3.05, 3.63) is 59.4 Å². The number of carbonyl (C=O) groups is 1. The molecule has 0 aromatic heterocycles. The van der Waals surface area contributed by atoms with E-state index >= 15 is 0 Å². The van der Waals surface area contributed by atoms with Crippen LogP contribution in [-0.2, 0) is 4.79 Å². The molecule has 3 N–H and O–H groups in total. The minimum Gasteiger partial charge on any atom is -0.392 e. The summed E-state index contributed by atoms with van der Waals surface area (Å²) in [7, 11) is 2.11. The number of β-amino-alcohol motifs (C(OH)–C–C–N with tert-alkyl or cyclic N) is 1. The predicted molar refractivity (Wildman–Crippen MR) is 111 cm³/mol. The average Bonchev–Trinajstić information content (AvgIpc) is 3.11. The third kappa shape index (κ3) is 4.75. The Morgan fingerprint density at radius 2 is 2.07 bits per heavy atom. The number of hydrogen-bond donors (Lipinski definition) is 2. The molecule has 0 aliphatic carbocycles. The first-order chi connectivity index (χ1) is 13.5. The second-order valence-electron chi connectivity index (χ2n) is 7.74. The number of aliphatic hydroxyl groups excluding tert-OH is 1. The van der Waals surface area contributed by atoms with Crippen LogP contribution in [0.5, 0.6) is 0 Å². The van der Waals surface area contributed by atoms with Gasteiger partial charge in [-0.1, -0.05) is 37.3 Å². The van der Waals surface area contributed by atoms with Gasteiger partial charge in [0.25, 0.3) is 5.91 Å². The Morgan fingerprint density at radius 1 is 1.32 bits per heavy atom. The minimum atomic E-state index is -0.378. The molecule has 3 rings (SSSR count). The van der Waals surface area contributed by atoms with Crippen LogP contribution in [0.1, 0.15) is 31.4 Å². The second-order valence-corrected chi connectivity index (χ2v) is 7.74. The van der Waals surface area contributed by atoms with Crippen molar-refractivity contribution < 1.29 is 9.90 Å². The molecule has 0 saturated carbocycles. The average molecular weight is 385 g/mol. The molecule has 2 aliphatic heterocycles. The zero-order valence-electron chi connectivity index (χ0n) is 16.9. The first-order valence-corrected chi connectivity index (χ1v) is 10.1. The molecule has 0 unspecified atom stereocenters. The maximum absolute atomic E-state index is 11.8. The molecule has 2 heterocycles. The van der Waals surface area contributed by atoms with Crippen molar-refractivity contribution in [1.82, 2.24) is 14.7 Å². The molecular weight excluding hydrogens is 352 g/mol. The van der Waals surface area contributed by atoms with E-state index in [1.165, 1.54) is 5.56 Å². The number of carbonyl (C=O) groups excluding carboxylic acids is 1. The number of benzene rings is 1. The van der Waals surface area contributed by atoms with Gasteiger partial charge in [0.05, 0.1) is 18.7 Å². The van der Waals surface area contributed by atoms with Crippen LogP contribution in [0, 0.1) is 0 Å². The van der Waals surface area contributed by atoms with Gasteiger partial charge < -0.3 is 20.6 Å². The summed E-state index contributed by atoms with van der Waals surface area (Å²) >= 11 is 0. The molecule has 1 saturated heterocycles. The number of nitrogens with two attached hydrogens (primary N) is 1. The summed E-state index contributed by atoms with van der Waals surface area (Å²) in [6.45, 7) is 6.08. The molecule has 0 radical (unpaired) electrons. The fourth-order valence-electron chi connectivity index (χ4n) is 4.10. The van der Waals surface area contributed by atoms with E-state index in [0.717, 1.165) is 44.7 Å². The molecule has 1 aromatic rings.